The van der Waals surface area contributed by atoms with E-state index in [1.165, 1.54) is 0 Å². The van der Waals surface area contributed by atoms with Crippen LogP contribution in [0.1, 0.15) is 24.5 Å². The first-order chi connectivity index (χ1) is 11.5. The highest BCUT2D eigenvalue weighted by atomic mass is 79.9. The molecule has 0 bridgehead atoms. The summed E-state index contributed by atoms with van der Waals surface area (Å²) in [4.78, 5) is 23.6. The van der Waals surface area contributed by atoms with Crippen molar-refractivity contribution in [3.8, 4) is 0 Å². The third kappa shape index (κ3) is 5.20. The van der Waals surface area contributed by atoms with Gasteiger partial charge >= 0.3 is 5.97 Å². The van der Waals surface area contributed by atoms with Gasteiger partial charge in [-0.15, -0.1) is 0 Å². The number of para-hydroxylation sites is 1. The number of rotatable bonds is 7. The first-order valence-corrected chi connectivity index (χ1v) is 8.64. The third-order valence-corrected chi connectivity index (χ3v) is 4.34. The van der Waals surface area contributed by atoms with Crippen LogP contribution in [0.2, 0.25) is 0 Å². The molecule has 0 aromatic heterocycles. The summed E-state index contributed by atoms with van der Waals surface area (Å²) < 4.78 is 0.988. The number of carboxylic acids is 1. The molecule has 126 valence electrons. The molecule has 0 saturated carbocycles. The predicted octanol–water partition coefficient (Wildman–Crippen LogP) is 4.28. The van der Waals surface area contributed by atoms with Crippen molar-refractivity contribution in [3.63, 3.8) is 0 Å². The lowest BCUT2D eigenvalue weighted by Gasteiger charge is -2.17. The van der Waals surface area contributed by atoms with E-state index in [-0.39, 0.29) is 18.2 Å². The van der Waals surface area contributed by atoms with E-state index in [1.807, 2.05) is 31.2 Å². The average Bonchev–Trinajstić information content (AvgIpc) is 2.54. The molecule has 0 radical (unpaired) electrons. The van der Waals surface area contributed by atoms with Crippen LogP contribution in [0.5, 0.6) is 0 Å². The second-order valence-electron chi connectivity index (χ2n) is 5.66. The average molecular weight is 390 g/mol. The van der Waals surface area contributed by atoms with Gasteiger partial charge in [0.25, 0.3) is 0 Å². The maximum absolute atomic E-state index is 12.6. The molecule has 0 heterocycles. The number of amides is 1. The Morgan fingerprint density at radius 2 is 1.92 bits per heavy atom. The van der Waals surface area contributed by atoms with E-state index in [2.05, 4.69) is 21.2 Å². The van der Waals surface area contributed by atoms with Crippen LogP contribution in [0.4, 0.5) is 5.69 Å². The third-order valence-electron chi connectivity index (χ3n) is 3.85. The number of halogens is 1. The fraction of sp³-hybridized carbons (Fsp3) is 0.263. The lowest BCUT2D eigenvalue weighted by Crippen LogP contribution is -2.25. The maximum atomic E-state index is 12.6. The van der Waals surface area contributed by atoms with Crippen molar-refractivity contribution in [2.45, 2.75) is 26.2 Å². The van der Waals surface area contributed by atoms with Gasteiger partial charge in [-0.05, 0) is 42.2 Å². The Balaban J connectivity index is 2.11. The van der Waals surface area contributed by atoms with Gasteiger partial charge in [-0.25, -0.2) is 0 Å². The Bertz CT molecular complexity index is 730. The topological polar surface area (TPSA) is 66.4 Å². The Kier molecular flexibility index (Phi) is 6.55. The molecular formula is C19H20BrNO3. The normalized spacial score (nSPS) is 11.8. The molecule has 0 aliphatic rings. The van der Waals surface area contributed by atoms with E-state index in [0.717, 1.165) is 10.0 Å². The van der Waals surface area contributed by atoms with Crippen molar-refractivity contribution in [2.24, 2.45) is 5.92 Å². The van der Waals surface area contributed by atoms with Crippen molar-refractivity contribution >= 4 is 33.5 Å². The van der Waals surface area contributed by atoms with Crippen LogP contribution >= 0.6 is 15.9 Å². The van der Waals surface area contributed by atoms with Crippen LogP contribution in [0.25, 0.3) is 0 Å². The number of carbonyl (C=O) groups is 2. The van der Waals surface area contributed by atoms with Gasteiger partial charge < -0.3 is 10.4 Å². The van der Waals surface area contributed by atoms with Crippen LogP contribution in [0, 0.1) is 5.92 Å². The molecule has 2 aromatic carbocycles. The number of aliphatic carboxylic acids is 1. The SMILES string of the molecule is CCC(Cc1cccc(Br)c1)C(=O)Nc1ccccc1CC(=O)O. The summed E-state index contributed by atoms with van der Waals surface area (Å²) >= 11 is 3.44. The van der Waals surface area contributed by atoms with Crippen molar-refractivity contribution in [2.75, 3.05) is 5.32 Å². The predicted molar refractivity (Wildman–Crippen MR) is 98.0 cm³/mol. The summed E-state index contributed by atoms with van der Waals surface area (Å²) in [6.45, 7) is 1.98. The second-order valence-corrected chi connectivity index (χ2v) is 6.57. The van der Waals surface area contributed by atoms with Crippen LogP contribution in [0.3, 0.4) is 0 Å². The first-order valence-electron chi connectivity index (χ1n) is 7.84. The highest BCUT2D eigenvalue weighted by Gasteiger charge is 2.18. The summed E-state index contributed by atoms with van der Waals surface area (Å²) in [7, 11) is 0. The molecule has 1 amide bonds. The molecule has 4 nitrogen and oxygen atoms in total. The van der Waals surface area contributed by atoms with E-state index in [4.69, 9.17) is 5.11 Å². The molecular weight excluding hydrogens is 370 g/mol. The number of nitrogens with one attached hydrogen (secondary N) is 1. The summed E-state index contributed by atoms with van der Waals surface area (Å²) in [5, 5.41) is 11.9. The first kappa shape index (κ1) is 18.2. The lowest BCUT2D eigenvalue weighted by atomic mass is 9.95. The minimum absolute atomic E-state index is 0.0877. The second kappa shape index (κ2) is 8.64. The molecule has 2 aromatic rings. The van der Waals surface area contributed by atoms with Crippen LogP contribution in [-0.4, -0.2) is 17.0 Å². The summed E-state index contributed by atoms with van der Waals surface area (Å²) in [6.07, 6.45) is 1.24. The van der Waals surface area contributed by atoms with Gasteiger partial charge in [0, 0.05) is 16.1 Å². The molecule has 0 spiro atoms. The van der Waals surface area contributed by atoms with E-state index in [9.17, 15) is 9.59 Å². The van der Waals surface area contributed by atoms with Crippen molar-refractivity contribution in [1.82, 2.24) is 0 Å². The molecule has 0 aliphatic heterocycles. The molecule has 2 N–H and O–H groups in total. The highest BCUT2D eigenvalue weighted by molar-refractivity contribution is 9.10. The van der Waals surface area contributed by atoms with Gasteiger partial charge in [0.05, 0.1) is 6.42 Å². The van der Waals surface area contributed by atoms with Gasteiger partial charge in [-0.2, -0.15) is 0 Å². The minimum atomic E-state index is -0.919. The fourth-order valence-corrected chi connectivity index (χ4v) is 3.01. The number of carbonyl (C=O) groups excluding carboxylic acids is 1. The minimum Gasteiger partial charge on any atom is -0.481 e. The van der Waals surface area contributed by atoms with Crippen molar-refractivity contribution in [1.29, 1.82) is 0 Å². The standard InChI is InChI=1S/C19H20BrNO3/c1-2-14(10-13-6-5-8-16(20)11-13)19(24)21-17-9-4-3-7-15(17)12-18(22)23/h3-9,11,14H,2,10,12H2,1H3,(H,21,24)(H,22,23). The molecule has 0 aliphatic carbocycles. The Labute approximate surface area is 150 Å². The Morgan fingerprint density at radius 1 is 1.17 bits per heavy atom. The molecule has 2 rings (SSSR count). The molecule has 24 heavy (non-hydrogen) atoms. The zero-order valence-corrected chi connectivity index (χ0v) is 15.0. The van der Waals surface area contributed by atoms with E-state index < -0.39 is 5.97 Å². The van der Waals surface area contributed by atoms with Gasteiger partial charge in [-0.3, -0.25) is 9.59 Å². The maximum Gasteiger partial charge on any atom is 0.307 e. The van der Waals surface area contributed by atoms with Crippen LogP contribution in [-0.2, 0) is 22.4 Å². The van der Waals surface area contributed by atoms with Gasteiger partial charge in [0.15, 0.2) is 0 Å². The van der Waals surface area contributed by atoms with Gasteiger partial charge in [0.2, 0.25) is 5.91 Å². The summed E-state index contributed by atoms with van der Waals surface area (Å²) in [6, 6.07) is 14.9. The quantitative estimate of drug-likeness (QED) is 0.742. The highest BCUT2D eigenvalue weighted by Crippen LogP contribution is 2.21. The molecule has 1 unspecified atom stereocenters. The number of carboxylic acid groups (broad SMARTS) is 1. The summed E-state index contributed by atoms with van der Waals surface area (Å²) in [5.41, 5.74) is 2.26. The van der Waals surface area contributed by atoms with E-state index in [0.29, 0.717) is 24.1 Å². The number of hydrogen-bond acceptors (Lipinski definition) is 2. The van der Waals surface area contributed by atoms with Gasteiger partial charge in [-0.1, -0.05) is 53.2 Å². The zero-order valence-electron chi connectivity index (χ0n) is 13.5. The number of benzene rings is 2. The zero-order chi connectivity index (χ0) is 17.5. The number of hydrogen-bond donors (Lipinski definition) is 2. The van der Waals surface area contributed by atoms with Crippen LogP contribution < -0.4 is 5.32 Å². The van der Waals surface area contributed by atoms with E-state index >= 15 is 0 Å². The van der Waals surface area contributed by atoms with Crippen LogP contribution in [0.15, 0.2) is 53.0 Å². The molecule has 5 heteroatoms. The monoisotopic (exact) mass is 389 g/mol. The number of anilines is 1. The molecule has 0 saturated heterocycles. The van der Waals surface area contributed by atoms with Gasteiger partial charge in [0.1, 0.15) is 0 Å². The molecule has 1 atom stereocenters. The fourth-order valence-electron chi connectivity index (χ4n) is 2.57. The molecule has 0 fully saturated rings. The van der Waals surface area contributed by atoms with E-state index in [1.54, 1.807) is 24.3 Å². The Morgan fingerprint density at radius 3 is 2.58 bits per heavy atom. The smallest absolute Gasteiger partial charge is 0.307 e. The van der Waals surface area contributed by atoms with Crippen molar-refractivity contribution in [3.05, 3.63) is 64.1 Å². The largest absolute Gasteiger partial charge is 0.481 e. The Hall–Kier alpha value is -2.14. The summed E-state index contributed by atoms with van der Waals surface area (Å²) in [5.74, 6) is -1.18. The lowest BCUT2D eigenvalue weighted by molar-refractivity contribution is -0.136. The van der Waals surface area contributed by atoms with Crippen molar-refractivity contribution < 1.29 is 14.7 Å².